The molecule has 4 heteroatoms. The van der Waals surface area contributed by atoms with E-state index in [0.29, 0.717) is 16.7 Å². The van der Waals surface area contributed by atoms with Crippen molar-refractivity contribution in [2.75, 3.05) is 12.4 Å². The molecule has 0 bridgehead atoms. The summed E-state index contributed by atoms with van der Waals surface area (Å²) in [6.07, 6.45) is 0. The Bertz CT molecular complexity index is 586. The molecule has 2 aromatic rings. The molecule has 0 aromatic heterocycles. The monoisotopic (exact) mass is 309 g/mol. The molecule has 0 aliphatic heterocycles. The van der Waals surface area contributed by atoms with E-state index in [0.717, 1.165) is 16.8 Å². The second-order valence-electron chi connectivity index (χ2n) is 4.67. The van der Waals surface area contributed by atoms with E-state index in [1.54, 1.807) is 7.11 Å². The molecule has 20 heavy (non-hydrogen) atoms. The number of ether oxygens (including phenoxy) is 1. The Kier molecular flexibility index (Phi) is 5.30. The molecule has 1 unspecified atom stereocenters. The second-order valence-corrected chi connectivity index (χ2v) is 5.49. The van der Waals surface area contributed by atoms with Crippen molar-refractivity contribution in [2.45, 2.75) is 19.6 Å². The quantitative estimate of drug-likeness (QED) is 0.807. The van der Waals surface area contributed by atoms with E-state index in [-0.39, 0.29) is 6.04 Å². The zero-order chi connectivity index (χ0) is 14.5. The molecule has 0 heterocycles. The number of hydrogen-bond acceptors (Lipinski definition) is 2. The Morgan fingerprint density at radius 2 is 1.90 bits per heavy atom. The third-order valence-corrected chi connectivity index (χ3v) is 3.80. The van der Waals surface area contributed by atoms with Gasteiger partial charge in [0.1, 0.15) is 0 Å². The molecule has 0 saturated heterocycles. The van der Waals surface area contributed by atoms with Crippen molar-refractivity contribution in [2.24, 2.45) is 0 Å². The van der Waals surface area contributed by atoms with Crippen molar-refractivity contribution in [3.63, 3.8) is 0 Å². The van der Waals surface area contributed by atoms with Gasteiger partial charge in [-0.05, 0) is 42.3 Å². The minimum Gasteiger partial charge on any atom is -0.380 e. The van der Waals surface area contributed by atoms with Crippen LogP contribution in [0.2, 0.25) is 10.0 Å². The highest BCUT2D eigenvalue weighted by atomic mass is 35.5. The van der Waals surface area contributed by atoms with Gasteiger partial charge in [-0.15, -0.1) is 0 Å². The first kappa shape index (κ1) is 15.2. The van der Waals surface area contributed by atoms with Crippen LogP contribution in [0.25, 0.3) is 0 Å². The molecule has 1 N–H and O–H groups in total. The van der Waals surface area contributed by atoms with Crippen molar-refractivity contribution in [1.29, 1.82) is 0 Å². The first-order valence-corrected chi connectivity index (χ1v) is 7.15. The third-order valence-electron chi connectivity index (χ3n) is 3.06. The van der Waals surface area contributed by atoms with Crippen LogP contribution in [0.15, 0.2) is 42.5 Å². The molecule has 2 nitrogen and oxygen atoms in total. The highest BCUT2D eigenvalue weighted by Crippen LogP contribution is 2.27. The van der Waals surface area contributed by atoms with E-state index in [1.807, 2.05) is 36.4 Å². The standard InChI is InChI=1S/C16H17Cl2NO/c1-11(13-6-7-15(17)16(18)9-13)19-14-5-3-4-12(8-14)10-20-2/h3-9,11,19H,10H2,1-2H3. The van der Waals surface area contributed by atoms with Gasteiger partial charge in [-0.3, -0.25) is 0 Å². The van der Waals surface area contributed by atoms with Crippen LogP contribution in [0.4, 0.5) is 5.69 Å². The summed E-state index contributed by atoms with van der Waals surface area (Å²) in [4.78, 5) is 0. The van der Waals surface area contributed by atoms with Crippen molar-refractivity contribution in [1.82, 2.24) is 0 Å². The minimum atomic E-state index is 0.141. The number of rotatable bonds is 5. The lowest BCUT2D eigenvalue weighted by atomic mass is 10.1. The summed E-state index contributed by atoms with van der Waals surface area (Å²) in [7, 11) is 1.69. The lowest BCUT2D eigenvalue weighted by Gasteiger charge is -2.17. The van der Waals surface area contributed by atoms with Gasteiger partial charge >= 0.3 is 0 Å². The molecule has 2 aromatic carbocycles. The Labute approximate surface area is 129 Å². The smallest absolute Gasteiger partial charge is 0.0713 e. The SMILES string of the molecule is COCc1cccc(NC(C)c2ccc(Cl)c(Cl)c2)c1. The van der Waals surface area contributed by atoms with Gasteiger partial charge in [0.2, 0.25) is 0 Å². The number of hydrogen-bond donors (Lipinski definition) is 1. The average Bonchev–Trinajstić information content (AvgIpc) is 2.42. The maximum atomic E-state index is 6.05. The first-order valence-electron chi connectivity index (χ1n) is 6.39. The van der Waals surface area contributed by atoms with E-state index in [4.69, 9.17) is 27.9 Å². The predicted molar refractivity (Wildman–Crippen MR) is 85.7 cm³/mol. The summed E-state index contributed by atoms with van der Waals surface area (Å²) in [5.74, 6) is 0. The summed E-state index contributed by atoms with van der Waals surface area (Å²) in [6, 6.07) is 14.0. The zero-order valence-corrected chi connectivity index (χ0v) is 13.0. The van der Waals surface area contributed by atoms with Gasteiger partial charge in [0.05, 0.1) is 16.7 Å². The molecule has 0 saturated carbocycles. The van der Waals surface area contributed by atoms with E-state index in [9.17, 15) is 0 Å². The van der Waals surface area contributed by atoms with Crippen LogP contribution in [-0.4, -0.2) is 7.11 Å². The van der Waals surface area contributed by atoms with Gasteiger partial charge < -0.3 is 10.1 Å². The lowest BCUT2D eigenvalue weighted by molar-refractivity contribution is 0.185. The Morgan fingerprint density at radius 1 is 1.10 bits per heavy atom. The largest absolute Gasteiger partial charge is 0.380 e. The summed E-state index contributed by atoms with van der Waals surface area (Å²) in [5, 5.41) is 4.60. The molecule has 0 radical (unpaired) electrons. The predicted octanol–water partition coefficient (Wildman–Crippen LogP) is 5.31. The highest BCUT2D eigenvalue weighted by Gasteiger charge is 2.08. The highest BCUT2D eigenvalue weighted by molar-refractivity contribution is 6.42. The molecule has 106 valence electrons. The fraction of sp³-hybridized carbons (Fsp3) is 0.250. The molecule has 0 aliphatic rings. The van der Waals surface area contributed by atoms with Crippen molar-refractivity contribution in [3.05, 3.63) is 63.6 Å². The second kappa shape index (κ2) is 6.98. The van der Waals surface area contributed by atoms with E-state index >= 15 is 0 Å². The van der Waals surface area contributed by atoms with Crippen molar-refractivity contribution >= 4 is 28.9 Å². The van der Waals surface area contributed by atoms with Crippen LogP contribution in [0.5, 0.6) is 0 Å². The fourth-order valence-electron chi connectivity index (χ4n) is 2.03. The van der Waals surface area contributed by atoms with Crippen LogP contribution in [0.1, 0.15) is 24.1 Å². The summed E-state index contributed by atoms with van der Waals surface area (Å²) in [5.41, 5.74) is 3.29. The van der Waals surface area contributed by atoms with Crippen LogP contribution in [0, 0.1) is 0 Å². The average molecular weight is 310 g/mol. The molecular formula is C16H17Cl2NO. The number of benzene rings is 2. The molecule has 0 spiro atoms. The zero-order valence-electron chi connectivity index (χ0n) is 11.5. The third kappa shape index (κ3) is 3.89. The molecule has 1 atom stereocenters. The normalized spacial score (nSPS) is 12.2. The van der Waals surface area contributed by atoms with Gasteiger partial charge in [-0.25, -0.2) is 0 Å². The van der Waals surface area contributed by atoms with Crippen molar-refractivity contribution < 1.29 is 4.74 Å². The van der Waals surface area contributed by atoms with E-state index in [1.165, 1.54) is 0 Å². The molecule has 2 rings (SSSR count). The van der Waals surface area contributed by atoms with Gasteiger partial charge in [0.15, 0.2) is 0 Å². The van der Waals surface area contributed by atoms with Crippen LogP contribution in [-0.2, 0) is 11.3 Å². The molecule has 0 aliphatic carbocycles. The Morgan fingerprint density at radius 3 is 2.60 bits per heavy atom. The van der Waals surface area contributed by atoms with Gasteiger partial charge in [-0.2, -0.15) is 0 Å². The Balaban J connectivity index is 2.12. The maximum Gasteiger partial charge on any atom is 0.0713 e. The van der Waals surface area contributed by atoms with Crippen LogP contribution >= 0.6 is 23.2 Å². The number of halogens is 2. The Hall–Kier alpha value is -1.22. The summed E-state index contributed by atoms with van der Waals surface area (Å²) < 4.78 is 5.14. The van der Waals surface area contributed by atoms with Crippen molar-refractivity contribution in [3.8, 4) is 0 Å². The molecule has 0 amide bonds. The van der Waals surface area contributed by atoms with Gasteiger partial charge in [0, 0.05) is 18.8 Å². The summed E-state index contributed by atoms with van der Waals surface area (Å²) in [6.45, 7) is 2.69. The van der Waals surface area contributed by atoms with Crippen LogP contribution in [0.3, 0.4) is 0 Å². The lowest BCUT2D eigenvalue weighted by Crippen LogP contribution is -2.06. The number of nitrogens with one attached hydrogen (secondary N) is 1. The van der Waals surface area contributed by atoms with Gasteiger partial charge in [-0.1, -0.05) is 41.4 Å². The summed E-state index contributed by atoms with van der Waals surface area (Å²) >= 11 is 12.0. The van der Waals surface area contributed by atoms with E-state index in [2.05, 4.69) is 18.3 Å². The molecule has 0 fully saturated rings. The first-order chi connectivity index (χ1) is 9.60. The molecular weight excluding hydrogens is 293 g/mol. The number of anilines is 1. The van der Waals surface area contributed by atoms with Crippen LogP contribution < -0.4 is 5.32 Å². The maximum absolute atomic E-state index is 6.05. The topological polar surface area (TPSA) is 21.3 Å². The fourth-order valence-corrected chi connectivity index (χ4v) is 2.34. The minimum absolute atomic E-state index is 0.141. The van der Waals surface area contributed by atoms with E-state index < -0.39 is 0 Å². The van der Waals surface area contributed by atoms with Gasteiger partial charge in [0.25, 0.3) is 0 Å². The number of methoxy groups -OCH3 is 1.